The van der Waals surface area contributed by atoms with Gasteiger partial charge < -0.3 is 14.8 Å². The van der Waals surface area contributed by atoms with Crippen molar-refractivity contribution >= 4 is 5.69 Å². The Morgan fingerprint density at radius 1 is 1.28 bits per heavy atom. The molecular weight excluding hydrogens is 240 g/mol. The van der Waals surface area contributed by atoms with Gasteiger partial charge in [0.2, 0.25) is 0 Å². The number of nitrogens with one attached hydrogen (secondary N) is 1. The van der Waals surface area contributed by atoms with Crippen molar-refractivity contribution in [3.05, 3.63) is 23.8 Å². The third-order valence-electron chi connectivity index (χ3n) is 2.44. The molecular formula is C13H19F2NO2. The molecule has 0 saturated heterocycles. The molecule has 1 N–H and O–H groups in total. The van der Waals surface area contributed by atoms with Crippen LogP contribution < -0.4 is 10.1 Å². The molecule has 0 radical (unpaired) electrons. The summed E-state index contributed by atoms with van der Waals surface area (Å²) in [6.07, 6.45) is -2.42. The van der Waals surface area contributed by atoms with Crippen molar-refractivity contribution in [3.63, 3.8) is 0 Å². The molecule has 1 unspecified atom stereocenters. The van der Waals surface area contributed by atoms with E-state index in [1.807, 2.05) is 19.1 Å². The van der Waals surface area contributed by atoms with Gasteiger partial charge in [0.15, 0.2) is 0 Å². The number of ether oxygens (including phenoxy) is 2. The Labute approximate surface area is 106 Å². The molecule has 0 amide bonds. The number of rotatable bonds is 7. The lowest BCUT2D eigenvalue weighted by molar-refractivity contribution is 0.130. The highest BCUT2D eigenvalue weighted by molar-refractivity contribution is 5.58. The Morgan fingerprint density at radius 2 is 2.00 bits per heavy atom. The predicted octanol–water partition coefficient (Wildman–Crippen LogP) is 3.09. The molecule has 1 aromatic rings. The summed E-state index contributed by atoms with van der Waals surface area (Å²) in [5.74, 6) is 0.569. The lowest BCUT2D eigenvalue weighted by Crippen LogP contribution is -2.24. The minimum Gasteiger partial charge on any atom is -0.489 e. The first-order valence-corrected chi connectivity index (χ1v) is 5.81. The zero-order valence-electron chi connectivity index (χ0n) is 10.9. The van der Waals surface area contributed by atoms with Crippen molar-refractivity contribution in [1.82, 2.24) is 0 Å². The second-order valence-electron chi connectivity index (χ2n) is 4.11. The number of hydrogen-bond acceptors (Lipinski definition) is 3. The van der Waals surface area contributed by atoms with E-state index in [1.54, 1.807) is 13.2 Å². The molecule has 1 aromatic carbocycles. The molecule has 1 rings (SSSR count). The van der Waals surface area contributed by atoms with Crippen LogP contribution in [-0.4, -0.2) is 32.8 Å². The molecule has 18 heavy (non-hydrogen) atoms. The van der Waals surface area contributed by atoms with Gasteiger partial charge in [-0.05, 0) is 31.5 Å². The minimum absolute atomic E-state index is 0.387. The van der Waals surface area contributed by atoms with Gasteiger partial charge in [0, 0.05) is 7.11 Å². The lowest BCUT2D eigenvalue weighted by Gasteiger charge is -2.18. The van der Waals surface area contributed by atoms with Gasteiger partial charge in [0.25, 0.3) is 6.43 Å². The maximum absolute atomic E-state index is 12.5. The van der Waals surface area contributed by atoms with Gasteiger partial charge in [-0.15, -0.1) is 0 Å². The second kappa shape index (κ2) is 7.16. The van der Waals surface area contributed by atoms with Crippen molar-refractivity contribution in [2.75, 3.05) is 25.6 Å². The van der Waals surface area contributed by atoms with Gasteiger partial charge in [-0.25, -0.2) is 8.78 Å². The van der Waals surface area contributed by atoms with Crippen LogP contribution in [0.15, 0.2) is 18.2 Å². The number of aryl methyl sites for hydroxylation is 1. The van der Waals surface area contributed by atoms with E-state index in [0.29, 0.717) is 24.7 Å². The standard InChI is InChI=1S/C13H19F2NO2/c1-9-4-5-11(16-10(2)13(14)15)12(8-9)18-7-6-17-3/h4-5,8,10,13,16H,6-7H2,1-3H3. The maximum Gasteiger partial charge on any atom is 0.258 e. The quantitative estimate of drug-likeness (QED) is 0.763. The molecule has 0 aliphatic rings. The van der Waals surface area contributed by atoms with E-state index in [4.69, 9.17) is 9.47 Å². The molecule has 102 valence electrons. The van der Waals surface area contributed by atoms with Crippen molar-refractivity contribution < 1.29 is 18.3 Å². The Bertz CT molecular complexity index is 372. The predicted molar refractivity (Wildman–Crippen MR) is 67.6 cm³/mol. The first-order valence-electron chi connectivity index (χ1n) is 5.81. The molecule has 0 spiro atoms. The number of halogens is 2. The van der Waals surface area contributed by atoms with E-state index in [1.165, 1.54) is 6.92 Å². The van der Waals surface area contributed by atoms with Gasteiger partial charge >= 0.3 is 0 Å². The molecule has 5 heteroatoms. The zero-order valence-corrected chi connectivity index (χ0v) is 10.9. The first-order chi connectivity index (χ1) is 8.54. The van der Waals surface area contributed by atoms with E-state index >= 15 is 0 Å². The van der Waals surface area contributed by atoms with Crippen LogP contribution in [0.3, 0.4) is 0 Å². The Morgan fingerprint density at radius 3 is 2.61 bits per heavy atom. The fourth-order valence-electron chi connectivity index (χ4n) is 1.41. The molecule has 0 aromatic heterocycles. The van der Waals surface area contributed by atoms with Crippen LogP contribution >= 0.6 is 0 Å². The van der Waals surface area contributed by atoms with Crippen molar-refractivity contribution in [2.24, 2.45) is 0 Å². The highest BCUT2D eigenvalue weighted by Crippen LogP contribution is 2.27. The maximum atomic E-state index is 12.5. The number of methoxy groups -OCH3 is 1. The average molecular weight is 259 g/mol. The van der Waals surface area contributed by atoms with E-state index in [0.717, 1.165) is 5.56 Å². The monoisotopic (exact) mass is 259 g/mol. The zero-order chi connectivity index (χ0) is 13.5. The third-order valence-corrected chi connectivity index (χ3v) is 2.44. The summed E-state index contributed by atoms with van der Waals surface area (Å²) in [6, 6.07) is 4.49. The van der Waals surface area contributed by atoms with Gasteiger partial charge in [-0.1, -0.05) is 6.07 Å². The highest BCUT2D eigenvalue weighted by Gasteiger charge is 2.16. The summed E-state index contributed by atoms with van der Waals surface area (Å²) in [5.41, 5.74) is 1.59. The normalized spacial score (nSPS) is 12.6. The molecule has 0 aliphatic carbocycles. The van der Waals surface area contributed by atoms with Gasteiger partial charge in [0.1, 0.15) is 12.4 Å². The molecule has 0 aliphatic heterocycles. The first kappa shape index (κ1) is 14.7. The number of benzene rings is 1. The summed E-state index contributed by atoms with van der Waals surface area (Å²) < 4.78 is 35.4. The molecule has 0 heterocycles. The Hall–Kier alpha value is -1.36. The van der Waals surface area contributed by atoms with Gasteiger partial charge in [0.05, 0.1) is 18.3 Å². The van der Waals surface area contributed by atoms with E-state index in [2.05, 4.69) is 5.32 Å². The van der Waals surface area contributed by atoms with Crippen LogP contribution in [0.2, 0.25) is 0 Å². The van der Waals surface area contributed by atoms with E-state index < -0.39 is 12.5 Å². The number of hydrogen-bond donors (Lipinski definition) is 1. The topological polar surface area (TPSA) is 30.5 Å². The third kappa shape index (κ3) is 4.49. The van der Waals surface area contributed by atoms with Crippen LogP contribution in [0.1, 0.15) is 12.5 Å². The number of anilines is 1. The van der Waals surface area contributed by atoms with Crippen LogP contribution in [-0.2, 0) is 4.74 Å². The fraction of sp³-hybridized carbons (Fsp3) is 0.538. The number of alkyl halides is 2. The fourth-order valence-corrected chi connectivity index (χ4v) is 1.41. The molecule has 0 bridgehead atoms. The largest absolute Gasteiger partial charge is 0.489 e. The van der Waals surface area contributed by atoms with Crippen LogP contribution in [0, 0.1) is 6.92 Å². The van der Waals surface area contributed by atoms with E-state index in [9.17, 15) is 8.78 Å². The second-order valence-corrected chi connectivity index (χ2v) is 4.11. The van der Waals surface area contributed by atoms with Crippen molar-refractivity contribution in [3.8, 4) is 5.75 Å². The molecule has 0 saturated carbocycles. The highest BCUT2D eigenvalue weighted by atomic mass is 19.3. The van der Waals surface area contributed by atoms with Crippen LogP contribution in [0.25, 0.3) is 0 Å². The molecule has 1 atom stereocenters. The summed E-state index contributed by atoms with van der Waals surface area (Å²) in [4.78, 5) is 0. The Balaban J connectivity index is 2.75. The van der Waals surface area contributed by atoms with Crippen LogP contribution in [0.5, 0.6) is 5.75 Å². The SMILES string of the molecule is COCCOc1cc(C)ccc1NC(C)C(F)F. The lowest BCUT2D eigenvalue weighted by atomic mass is 10.2. The summed E-state index contributed by atoms with van der Waals surface area (Å²) in [5, 5.41) is 2.75. The molecule has 0 fully saturated rings. The summed E-state index contributed by atoms with van der Waals surface area (Å²) in [6.45, 7) is 4.20. The summed E-state index contributed by atoms with van der Waals surface area (Å²) in [7, 11) is 1.58. The smallest absolute Gasteiger partial charge is 0.258 e. The minimum atomic E-state index is -2.42. The van der Waals surface area contributed by atoms with Gasteiger partial charge in [-0.3, -0.25) is 0 Å². The van der Waals surface area contributed by atoms with Crippen LogP contribution in [0.4, 0.5) is 14.5 Å². The van der Waals surface area contributed by atoms with Crippen molar-refractivity contribution in [2.45, 2.75) is 26.3 Å². The average Bonchev–Trinajstić information content (AvgIpc) is 2.32. The molecule has 3 nitrogen and oxygen atoms in total. The van der Waals surface area contributed by atoms with Gasteiger partial charge in [-0.2, -0.15) is 0 Å². The Kier molecular flexibility index (Phi) is 5.85. The van der Waals surface area contributed by atoms with E-state index in [-0.39, 0.29) is 0 Å². The van der Waals surface area contributed by atoms with Crippen molar-refractivity contribution in [1.29, 1.82) is 0 Å². The summed E-state index contributed by atoms with van der Waals surface area (Å²) >= 11 is 0.